The molecule has 2 aromatic carbocycles. The zero-order valence-corrected chi connectivity index (χ0v) is 17.9. The highest BCUT2D eigenvalue weighted by Gasteiger charge is 2.14. The topological polar surface area (TPSA) is 100 Å². The molecule has 0 bridgehead atoms. The Kier molecular flexibility index (Phi) is 6.60. The van der Waals surface area contributed by atoms with Crippen molar-refractivity contribution in [1.29, 1.82) is 0 Å². The van der Waals surface area contributed by atoms with Gasteiger partial charge in [0.05, 0.1) is 19.2 Å². The molecule has 4 rings (SSSR count). The molecular weight excluding hydrogens is 410 g/mol. The van der Waals surface area contributed by atoms with E-state index in [0.717, 1.165) is 22.6 Å². The number of carbonyl (C=O) groups excluding carboxylic acids is 1. The van der Waals surface area contributed by atoms with Gasteiger partial charge >= 0.3 is 5.97 Å². The first-order valence-corrected chi connectivity index (χ1v) is 10.2. The van der Waals surface area contributed by atoms with Crippen molar-refractivity contribution in [3.63, 3.8) is 0 Å². The van der Waals surface area contributed by atoms with Crippen LogP contribution in [0.1, 0.15) is 28.7 Å². The molecule has 0 aliphatic carbocycles. The lowest BCUT2D eigenvalue weighted by Crippen LogP contribution is -2.07. The van der Waals surface area contributed by atoms with Crippen molar-refractivity contribution in [2.75, 3.05) is 7.11 Å². The van der Waals surface area contributed by atoms with Crippen molar-refractivity contribution in [2.45, 2.75) is 32.8 Å². The van der Waals surface area contributed by atoms with Crippen molar-refractivity contribution < 1.29 is 23.2 Å². The summed E-state index contributed by atoms with van der Waals surface area (Å²) in [6, 6.07) is 17.0. The number of esters is 1. The Hall–Kier alpha value is -3.94. The number of carbonyl (C=O) groups is 1. The number of aromatic nitrogens is 3. The first kappa shape index (κ1) is 21.3. The van der Waals surface area contributed by atoms with Crippen LogP contribution in [0.4, 0.5) is 0 Å². The lowest BCUT2D eigenvalue weighted by Gasteiger charge is -2.08. The predicted octanol–water partition coefficient (Wildman–Crippen LogP) is 4.11. The molecule has 0 unspecified atom stereocenters. The minimum absolute atomic E-state index is 0.104. The van der Waals surface area contributed by atoms with Crippen LogP contribution >= 0.6 is 0 Å². The summed E-state index contributed by atoms with van der Waals surface area (Å²) in [5, 5.41) is 4.02. The van der Waals surface area contributed by atoms with Gasteiger partial charge in [-0.3, -0.25) is 4.79 Å². The van der Waals surface area contributed by atoms with Gasteiger partial charge in [0.15, 0.2) is 12.4 Å². The molecule has 0 radical (unpaired) electrons. The normalized spacial score (nSPS) is 10.8. The summed E-state index contributed by atoms with van der Waals surface area (Å²) in [5.41, 5.74) is 2.53. The molecule has 8 nitrogen and oxygen atoms in total. The maximum Gasteiger partial charge on any atom is 0.310 e. The highest BCUT2D eigenvalue weighted by molar-refractivity contribution is 5.73. The van der Waals surface area contributed by atoms with E-state index in [1.54, 1.807) is 6.07 Å². The SMILES string of the molecule is COC(=O)Cc1ccccc1OCc1nc(CCc2nc(-c3ccccc3)oc2C)no1. The Morgan fingerprint density at radius 1 is 1.00 bits per heavy atom. The van der Waals surface area contributed by atoms with E-state index < -0.39 is 0 Å². The minimum Gasteiger partial charge on any atom is -0.483 e. The number of ether oxygens (including phenoxy) is 2. The van der Waals surface area contributed by atoms with Crippen molar-refractivity contribution in [1.82, 2.24) is 15.1 Å². The highest BCUT2D eigenvalue weighted by atomic mass is 16.5. The first-order chi connectivity index (χ1) is 15.6. The van der Waals surface area contributed by atoms with Gasteiger partial charge in [-0.1, -0.05) is 41.6 Å². The number of hydrogen-bond acceptors (Lipinski definition) is 8. The summed E-state index contributed by atoms with van der Waals surface area (Å²) in [5.74, 6) is 2.54. The van der Waals surface area contributed by atoms with Gasteiger partial charge in [0, 0.05) is 24.0 Å². The van der Waals surface area contributed by atoms with Crippen LogP contribution in [-0.4, -0.2) is 28.2 Å². The largest absolute Gasteiger partial charge is 0.483 e. The molecular formula is C24H23N3O5. The summed E-state index contributed by atoms with van der Waals surface area (Å²) in [7, 11) is 1.36. The highest BCUT2D eigenvalue weighted by Crippen LogP contribution is 2.23. The van der Waals surface area contributed by atoms with Crippen molar-refractivity contribution >= 4 is 5.97 Å². The fourth-order valence-corrected chi connectivity index (χ4v) is 3.20. The number of rotatable bonds is 9. The van der Waals surface area contributed by atoms with Gasteiger partial charge in [0.2, 0.25) is 5.89 Å². The van der Waals surface area contributed by atoms with Crippen LogP contribution in [0.15, 0.2) is 63.5 Å². The van der Waals surface area contributed by atoms with E-state index in [4.69, 9.17) is 18.4 Å². The maximum absolute atomic E-state index is 11.6. The van der Waals surface area contributed by atoms with E-state index in [0.29, 0.717) is 36.2 Å². The second-order valence-electron chi connectivity index (χ2n) is 7.14. The Bertz CT molecular complexity index is 1180. The van der Waals surface area contributed by atoms with Crippen molar-refractivity contribution in [2.24, 2.45) is 0 Å². The molecule has 0 spiro atoms. The molecule has 0 atom stereocenters. The molecule has 4 aromatic rings. The van der Waals surface area contributed by atoms with E-state index >= 15 is 0 Å². The van der Waals surface area contributed by atoms with Crippen molar-refractivity contribution in [3.8, 4) is 17.2 Å². The van der Waals surface area contributed by atoms with Crippen LogP contribution in [0, 0.1) is 6.92 Å². The number of oxazole rings is 1. The average molecular weight is 433 g/mol. The first-order valence-electron chi connectivity index (χ1n) is 10.2. The number of nitrogens with zero attached hydrogens (tertiary/aromatic N) is 3. The average Bonchev–Trinajstić information content (AvgIpc) is 3.43. The standard InChI is InChI=1S/C24H23N3O5/c1-16-19(25-24(31-16)17-8-4-3-5-9-17)12-13-21-26-22(32-27-21)15-30-20-11-7-6-10-18(20)14-23(28)29-2/h3-11H,12-15H2,1-2H3. The molecule has 8 heteroatoms. The zero-order chi connectivity index (χ0) is 22.3. The van der Waals surface area contributed by atoms with Crippen molar-refractivity contribution in [3.05, 3.63) is 83.3 Å². The fraction of sp³-hybridized carbons (Fsp3) is 0.250. The molecule has 2 aromatic heterocycles. The number of aryl methyl sites for hydroxylation is 3. The smallest absolute Gasteiger partial charge is 0.310 e. The molecule has 0 saturated carbocycles. The quantitative estimate of drug-likeness (QED) is 0.364. The molecule has 0 aliphatic heterocycles. The van der Waals surface area contributed by atoms with E-state index in [1.807, 2.05) is 55.5 Å². The summed E-state index contributed by atoms with van der Waals surface area (Å²) < 4.78 is 21.6. The monoisotopic (exact) mass is 433 g/mol. The molecule has 0 N–H and O–H groups in total. The Balaban J connectivity index is 1.35. The summed E-state index contributed by atoms with van der Waals surface area (Å²) in [6.07, 6.45) is 1.32. The zero-order valence-electron chi connectivity index (χ0n) is 17.9. The number of benzene rings is 2. The van der Waals surface area contributed by atoms with Gasteiger partial charge in [-0.25, -0.2) is 4.98 Å². The van der Waals surface area contributed by atoms with Gasteiger partial charge in [-0.2, -0.15) is 4.98 Å². The summed E-state index contributed by atoms with van der Waals surface area (Å²) in [4.78, 5) is 20.6. The Labute approximate surface area is 185 Å². The van der Waals surface area contributed by atoms with E-state index in [1.165, 1.54) is 7.11 Å². The van der Waals surface area contributed by atoms with Crippen LogP contribution in [0.2, 0.25) is 0 Å². The van der Waals surface area contributed by atoms with Gasteiger partial charge in [0.25, 0.3) is 5.89 Å². The van der Waals surface area contributed by atoms with Crippen LogP contribution in [-0.2, 0) is 35.4 Å². The van der Waals surface area contributed by atoms with Crippen LogP contribution in [0.3, 0.4) is 0 Å². The summed E-state index contributed by atoms with van der Waals surface area (Å²) in [6.45, 7) is 2.00. The second-order valence-corrected chi connectivity index (χ2v) is 7.14. The van der Waals surface area contributed by atoms with Crippen LogP contribution < -0.4 is 4.74 Å². The molecule has 0 saturated heterocycles. The van der Waals surface area contributed by atoms with Gasteiger partial charge in [-0.15, -0.1) is 0 Å². The lowest BCUT2D eigenvalue weighted by atomic mass is 10.1. The third-order valence-electron chi connectivity index (χ3n) is 4.90. The van der Waals surface area contributed by atoms with E-state index in [2.05, 4.69) is 15.1 Å². The molecule has 0 fully saturated rings. The number of methoxy groups -OCH3 is 1. The Morgan fingerprint density at radius 2 is 1.78 bits per heavy atom. The molecule has 32 heavy (non-hydrogen) atoms. The van der Waals surface area contributed by atoms with Gasteiger partial charge in [0.1, 0.15) is 11.5 Å². The molecule has 0 aliphatic rings. The van der Waals surface area contributed by atoms with Gasteiger partial charge < -0.3 is 18.4 Å². The van der Waals surface area contributed by atoms with E-state index in [-0.39, 0.29) is 19.0 Å². The maximum atomic E-state index is 11.6. The van der Waals surface area contributed by atoms with Crippen LogP contribution in [0.25, 0.3) is 11.5 Å². The minimum atomic E-state index is -0.334. The Morgan fingerprint density at radius 3 is 2.59 bits per heavy atom. The number of para-hydroxylation sites is 1. The summed E-state index contributed by atoms with van der Waals surface area (Å²) >= 11 is 0. The third-order valence-corrected chi connectivity index (χ3v) is 4.90. The number of hydrogen-bond donors (Lipinski definition) is 0. The second kappa shape index (κ2) is 9.91. The fourth-order valence-electron chi connectivity index (χ4n) is 3.20. The molecule has 0 amide bonds. The van der Waals surface area contributed by atoms with E-state index in [9.17, 15) is 4.79 Å². The van der Waals surface area contributed by atoms with Gasteiger partial charge in [-0.05, 0) is 25.1 Å². The third kappa shape index (κ3) is 5.21. The lowest BCUT2D eigenvalue weighted by molar-refractivity contribution is -0.139. The predicted molar refractivity (Wildman–Crippen MR) is 115 cm³/mol. The molecule has 2 heterocycles. The van der Waals surface area contributed by atoms with Crippen LogP contribution in [0.5, 0.6) is 5.75 Å². The molecule has 164 valence electrons.